The summed E-state index contributed by atoms with van der Waals surface area (Å²) in [5.41, 5.74) is 1.14. The topological polar surface area (TPSA) is 62.2 Å². The number of nitrogens with zero attached hydrogens (tertiary/aromatic N) is 7. The van der Waals surface area contributed by atoms with Gasteiger partial charge in [0.05, 0.1) is 6.10 Å². The maximum absolute atomic E-state index is 10.9. The molecule has 202 valence electrons. The standard InChI is InChI=1S/C30H41N7O/c1-33(26-11-10-24-8-2-3-9-25(24)20-26)22-27(38)23-34-16-18-36(19-17-34)29-21-28(35-12-4-5-13-35)31-30(32-29)37-14-6-7-15-37/h2-3,8-11,20-21,27,38H,4-7,12-19,22-23H2,1H3. The smallest absolute Gasteiger partial charge is 0.229 e. The van der Waals surface area contributed by atoms with Crippen molar-refractivity contribution >= 4 is 34.0 Å². The molecule has 0 radical (unpaired) electrons. The van der Waals surface area contributed by atoms with E-state index in [1.807, 2.05) is 0 Å². The largest absolute Gasteiger partial charge is 0.390 e. The lowest BCUT2D eigenvalue weighted by atomic mass is 10.1. The summed E-state index contributed by atoms with van der Waals surface area (Å²) in [4.78, 5) is 21.7. The quantitative estimate of drug-likeness (QED) is 0.490. The fourth-order valence-electron chi connectivity index (χ4n) is 6.09. The molecule has 0 spiro atoms. The van der Waals surface area contributed by atoms with Crippen LogP contribution in [0.25, 0.3) is 10.8 Å². The molecule has 1 unspecified atom stereocenters. The van der Waals surface area contributed by atoms with E-state index in [1.54, 1.807) is 0 Å². The van der Waals surface area contributed by atoms with Gasteiger partial charge in [0.1, 0.15) is 11.6 Å². The summed E-state index contributed by atoms with van der Waals surface area (Å²) >= 11 is 0. The lowest BCUT2D eigenvalue weighted by Gasteiger charge is -2.37. The number of fused-ring (bicyclic) bond motifs is 1. The Balaban J connectivity index is 1.06. The molecule has 0 amide bonds. The number of hydrogen-bond acceptors (Lipinski definition) is 8. The van der Waals surface area contributed by atoms with Gasteiger partial charge in [0, 0.05) is 84.2 Å². The van der Waals surface area contributed by atoms with E-state index in [-0.39, 0.29) is 0 Å². The number of aliphatic hydroxyl groups is 1. The van der Waals surface area contributed by atoms with E-state index >= 15 is 0 Å². The van der Waals surface area contributed by atoms with Crippen LogP contribution in [0.5, 0.6) is 0 Å². The van der Waals surface area contributed by atoms with Crippen LogP contribution in [0, 0.1) is 0 Å². The second-order valence-corrected chi connectivity index (χ2v) is 11.1. The first-order chi connectivity index (χ1) is 18.6. The molecule has 6 rings (SSSR count). The summed E-state index contributed by atoms with van der Waals surface area (Å²) in [6.45, 7) is 9.30. The number of benzene rings is 2. The molecule has 3 aromatic rings. The highest BCUT2D eigenvalue weighted by Gasteiger charge is 2.25. The van der Waals surface area contributed by atoms with Crippen molar-refractivity contribution in [1.82, 2.24) is 14.9 Å². The Morgan fingerprint density at radius 2 is 1.34 bits per heavy atom. The van der Waals surface area contributed by atoms with Crippen LogP contribution in [-0.4, -0.2) is 98.6 Å². The van der Waals surface area contributed by atoms with Gasteiger partial charge < -0.3 is 24.7 Å². The van der Waals surface area contributed by atoms with E-state index in [0.29, 0.717) is 13.1 Å². The molecule has 4 heterocycles. The third-order valence-corrected chi connectivity index (χ3v) is 8.33. The number of anilines is 4. The molecule has 1 aromatic heterocycles. The van der Waals surface area contributed by atoms with Crippen LogP contribution in [0.1, 0.15) is 25.7 Å². The van der Waals surface area contributed by atoms with Gasteiger partial charge in [-0.2, -0.15) is 9.97 Å². The predicted octanol–water partition coefficient (Wildman–Crippen LogP) is 3.45. The van der Waals surface area contributed by atoms with Crippen molar-refractivity contribution in [1.29, 1.82) is 0 Å². The SMILES string of the molecule is CN(CC(O)CN1CCN(c2cc(N3CCCC3)nc(N3CCCC3)n2)CC1)c1ccc2ccccc2c1. The second kappa shape index (κ2) is 11.3. The van der Waals surface area contributed by atoms with Crippen molar-refractivity contribution in [3.8, 4) is 0 Å². The molecule has 3 saturated heterocycles. The average Bonchev–Trinajstić information content (AvgIpc) is 3.68. The number of likely N-dealkylation sites (N-methyl/N-ethyl adjacent to an activating group) is 1. The van der Waals surface area contributed by atoms with Crippen LogP contribution in [0.4, 0.5) is 23.3 Å². The highest BCUT2D eigenvalue weighted by Crippen LogP contribution is 2.28. The van der Waals surface area contributed by atoms with Crippen LogP contribution in [0.2, 0.25) is 0 Å². The van der Waals surface area contributed by atoms with Gasteiger partial charge in [-0.15, -0.1) is 0 Å². The van der Waals surface area contributed by atoms with Crippen molar-refractivity contribution in [2.45, 2.75) is 31.8 Å². The van der Waals surface area contributed by atoms with E-state index in [4.69, 9.17) is 9.97 Å². The summed E-state index contributed by atoms with van der Waals surface area (Å²) < 4.78 is 0. The molecule has 3 aliphatic heterocycles. The first-order valence-corrected chi connectivity index (χ1v) is 14.4. The Bertz CT molecular complexity index is 1180. The molecule has 2 aromatic carbocycles. The lowest BCUT2D eigenvalue weighted by molar-refractivity contribution is 0.114. The van der Waals surface area contributed by atoms with E-state index < -0.39 is 6.10 Å². The summed E-state index contributed by atoms with van der Waals surface area (Å²) in [7, 11) is 2.07. The van der Waals surface area contributed by atoms with E-state index in [2.05, 4.69) is 80.1 Å². The van der Waals surface area contributed by atoms with Crippen molar-refractivity contribution in [2.75, 3.05) is 92.1 Å². The molecule has 0 bridgehead atoms. The van der Waals surface area contributed by atoms with E-state index in [0.717, 1.165) is 75.6 Å². The van der Waals surface area contributed by atoms with Gasteiger partial charge >= 0.3 is 0 Å². The summed E-state index contributed by atoms with van der Waals surface area (Å²) in [6, 6.07) is 17.1. The van der Waals surface area contributed by atoms with Crippen molar-refractivity contribution in [2.24, 2.45) is 0 Å². The zero-order valence-corrected chi connectivity index (χ0v) is 22.7. The molecule has 1 atom stereocenters. The van der Waals surface area contributed by atoms with Gasteiger partial charge in [0.2, 0.25) is 5.95 Å². The molecule has 1 N–H and O–H groups in total. The van der Waals surface area contributed by atoms with Gasteiger partial charge in [0.25, 0.3) is 0 Å². The van der Waals surface area contributed by atoms with E-state index in [1.165, 1.54) is 36.5 Å². The first kappa shape index (κ1) is 25.2. The maximum Gasteiger partial charge on any atom is 0.229 e. The molecule has 0 saturated carbocycles. The predicted molar refractivity (Wildman–Crippen MR) is 157 cm³/mol. The third-order valence-electron chi connectivity index (χ3n) is 8.33. The fraction of sp³-hybridized carbons (Fsp3) is 0.533. The van der Waals surface area contributed by atoms with Crippen LogP contribution in [-0.2, 0) is 0 Å². The fourth-order valence-corrected chi connectivity index (χ4v) is 6.09. The molecular formula is C30H41N7O. The van der Waals surface area contributed by atoms with Crippen molar-refractivity contribution in [3.05, 3.63) is 48.5 Å². The molecule has 0 aliphatic carbocycles. The number of rotatable bonds is 8. The van der Waals surface area contributed by atoms with Crippen LogP contribution < -0.4 is 19.6 Å². The van der Waals surface area contributed by atoms with Gasteiger partial charge in [-0.05, 0) is 48.6 Å². The van der Waals surface area contributed by atoms with Crippen molar-refractivity contribution < 1.29 is 5.11 Å². The highest BCUT2D eigenvalue weighted by atomic mass is 16.3. The number of aliphatic hydroxyl groups excluding tert-OH is 1. The minimum atomic E-state index is -0.402. The van der Waals surface area contributed by atoms with E-state index in [9.17, 15) is 5.11 Å². The van der Waals surface area contributed by atoms with Gasteiger partial charge in [-0.3, -0.25) is 4.90 Å². The Morgan fingerprint density at radius 1 is 0.737 bits per heavy atom. The van der Waals surface area contributed by atoms with Crippen LogP contribution in [0.15, 0.2) is 48.5 Å². The zero-order chi connectivity index (χ0) is 25.9. The summed E-state index contributed by atoms with van der Waals surface area (Å²) in [5, 5.41) is 13.4. The molecule has 3 aliphatic rings. The van der Waals surface area contributed by atoms with Crippen molar-refractivity contribution in [3.63, 3.8) is 0 Å². The second-order valence-electron chi connectivity index (χ2n) is 11.1. The first-order valence-electron chi connectivity index (χ1n) is 14.4. The average molecular weight is 516 g/mol. The Morgan fingerprint density at radius 3 is 2.03 bits per heavy atom. The Labute approximate surface area is 226 Å². The van der Waals surface area contributed by atoms with Gasteiger partial charge in [-0.1, -0.05) is 30.3 Å². The number of piperazine rings is 1. The minimum Gasteiger partial charge on any atom is -0.390 e. The highest BCUT2D eigenvalue weighted by molar-refractivity contribution is 5.85. The number of aromatic nitrogens is 2. The number of β-amino-alcohol motifs (C(OH)–C–C–N with tert-alkyl or cyclic N) is 1. The van der Waals surface area contributed by atoms with Gasteiger partial charge in [-0.25, -0.2) is 0 Å². The van der Waals surface area contributed by atoms with Gasteiger partial charge in [0.15, 0.2) is 0 Å². The molecule has 8 nitrogen and oxygen atoms in total. The van der Waals surface area contributed by atoms with Crippen LogP contribution >= 0.6 is 0 Å². The third kappa shape index (κ3) is 5.66. The molecule has 38 heavy (non-hydrogen) atoms. The lowest BCUT2D eigenvalue weighted by Crippen LogP contribution is -2.50. The molecular weight excluding hydrogens is 474 g/mol. The monoisotopic (exact) mass is 515 g/mol. The number of hydrogen-bond donors (Lipinski definition) is 1. The zero-order valence-electron chi connectivity index (χ0n) is 22.7. The summed E-state index contributed by atoms with van der Waals surface area (Å²) in [5.74, 6) is 3.04. The summed E-state index contributed by atoms with van der Waals surface area (Å²) in [6.07, 6.45) is 4.54. The normalized spacial score (nSPS) is 19.5. The molecule has 8 heteroatoms. The molecule has 3 fully saturated rings. The Kier molecular flexibility index (Phi) is 7.51. The Hall–Kier alpha value is -3.10. The minimum absolute atomic E-state index is 0.402. The van der Waals surface area contributed by atoms with Crippen LogP contribution in [0.3, 0.4) is 0 Å². The maximum atomic E-state index is 10.9.